The van der Waals surface area contributed by atoms with Crippen molar-refractivity contribution in [2.45, 2.75) is 19.4 Å². The molecule has 0 fully saturated rings. The fourth-order valence-electron chi connectivity index (χ4n) is 2.03. The van der Waals surface area contributed by atoms with E-state index in [0.717, 1.165) is 17.2 Å². The smallest absolute Gasteiger partial charge is 0.224 e. The maximum absolute atomic E-state index is 11.3. The van der Waals surface area contributed by atoms with Crippen LogP contribution in [0.25, 0.3) is 10.9 Å². The second-order valence-corrected chi connectivity index (χ2v) is 7.56. The van der Waals surface area contributed by atoms with Gasteiger partial charge in [0.1, 0.15) is 5.82 Å². The maximum atomic E-state index is 11.3. The van der Waals surface area contributed by atoms with Gasteiger partial charge in [-0.05, 0) is 37.6 Å². The van der Waals surface area contributed by atoms with Crippen LogP contribution in [0.2, 0.25) is 5.28 Å². The van der Waals surface area contributed by atoms with Gasteiger partial charge in [-0.15, -0.1) is 0 Å². The molecule has 0 bridgehead atoms. The molecule has 0 aliphatic carbocycles. The minimum Gasteiger partial charge on any atom is -0.368 e. The molecule has 114 valence electrons. The van der Waals surface area contributed by atoms with Crippen molar-refractivity contribution >= 4 is 38.3 Å². The third-order valence-electron chi connectivity index (χ3n) is 2.74. The van der Waals surface area contributed by atoms with Gasteiger partial charge in [-0.25, -0.2) is 23.1 Å². The first-order valence-electron chi connectivity index (χ1n) is 6.31. The quantitative estimate of drug-likeness (QED) is 0.820. The van der Waals surface area contributed by atoms with Gasteiger partial charge in [-0.1, -0.05) is 12.1 Å². The molecule has 0 amide bonds. The highest BCUT2D eigenvalue weighted by Gasteiger charge is 2.22. The molecule has 1 aromatic carbocycles. The summed E-state index contributed by atoms with van der Waals surface area (Å²) < 4.78 is 25.2. The summed E-state index contributed by atoms with van der Waals surface area (Å²) in [5.41, 5.74) is 0.0698. The van der Waals surface area contributed by atoms with E-state index in [1.165, 1.54) is 0 Å². The number of aromatic nitrogens is 2. The van der Waals surface area contributed by atoms with Crippen molar-refractivity contribution in [1.29, 1.82) is 0 Å². The standard InChI is InChI=1S/C13H17ClN4O2S/c1-13(2,18-21(3,19)20)8-15-11-9-6-4-5-7-10(9)16-12(14)17-11/h4-7,18H,8H2,1-3H3,(H,15,16,17). The van der Waals surface area contributed by atoms with Crippen LogP contribution in [-0.2, 0) is 10.0 Å². The fourth-order valence-corrected chi connectivity index (χ4v) is 3.28. The zero-order chi connectivity index (χ0) is 15.7. The Morgan fingerprint density at radius 3 is 2.57 bits per heavy atom. The summed E-state index contributed by atoms with van der Waals surface area (Å²) in [7, 11) is -3.29. The van der Waals surface area contributed by atoms with Gasteiger partial charge in [-0.3, -0.25) is 0 Å². The Labute approximate surface area is 129 Å². The number of fused-ring (bicyclic) bond motifs is 1. The average molecular weight is 329 g/mol. The Morgan fingerprint density at radius 2 is 1.90 bits per heavy atom. The first kappa shape index (κ1) is 15.9. The minimum absolute atomic E-state index is 0.144. The molecule has 1 aromatic heterocycles. The molecule has 6 nitrogen and oxygen atoms in total. The van der Waals surface area contributed by atoms with Crippen LogP contribution in [0.5, 0.6) is 0 Å². The van der Waals surface area contributed by atoms with Gasteiger partial charge >= 0.3 is 0 Å². The Morgan fingerprint density at radius 1 is 1.24 bits per heavy atom. The largest absolute Gasteiger partial charge is 0.368 e. The third kappa shape index (κ3) is 4.52. The molecule has 2 N–H and O–H groups in total. The summed E-state index contributed by atoms with van der Waals surface area (Å²) in [6, 6.07) is 7.47. The van der Waals surface area contributed by atoms with Gasteiger partial charge in [0.2, 0.25) is 15.3 Å². The maximum Gasteiger partial charge on any atom is 0.224 e. The van der Waals surface area contributed by atoms with Crippen molar-refractivity contribution in [2.24, 2.45) is 0 Å². The van der Waals surface area contributed by atoms with Crippen molar-refractivity contribution in [3.8, 4) is 0 Å². The normalized spacial score (nSPS) is 12.6. The van der Waals surface area contributed by atoms with Crippen molar-refractivity contribution in [2.75, 3.05) is 18.1 Å². The van der Waals surface area contributed by atoms with E-state index >= 15 is 0 Å². The van der Waals surface area contributed by atoms with E-state index in [2.05, 4.69) is 20.0 Å². The number of anilines is 1. The number of hydrogen-bond donors (Lipinski definition) is 2. The van der Waals surface area contributed by atoms with Crippen molar-refractivity contribution in [1.82, 2.24) is 14.7 Å². The van der Waals surface area contributed by atoms with E-state index < -0.39 is 15.6 Å². The first-order valence-corrected chi connectivity index (χ1v) is 8.58. The number of rotatable bonds is 5. The molecule has 0 radical (unpaired) electrons. The summed E-state index contributed by atoms with van der Waals surface area (Å²) in [4.78, 5) is 8.31. The van der Waals surface area contributed by atoms with Crippen LogP contribution in [0.3, 0.4) is 0 Å². The summed E-state index contributed by atoms with van der Waals surface area (Å²) in [5.74, 6) is 0.578. The molecule has 0 unspecified atom stereocenters. The van der Waals surface area contributed by atoms with Gasteiger partial charge in [0, 0.05) is 17.5 Å². The monoisotopic (exact) mass is 328 g/mol. The van der Waals surface area contributed by atoms with Crippen molar-refractivity contribution in [3.05, 3.63) is 29.5 Å². The van der Waals surface area contributed by atoms with E-state index in [1.807, 2.05) is 24.3 Å². The van der Waals surface area contributed by atoms with E-state index in [4.69, 9.17) is 11.6 Å². The van der Waals surface area contributed by atoms with Gasteiger partial charge in [0.25, 0.3) is 0 Å². The second kappa shape index (κ2) is 5.75. The lowest BCUT2D eigenvalue weighted by Crippen LogP contribution is -2.47. The van der Waals surface area contributed by atoms with E-state index in [9.17, 15) is 8.42 Å². The molecule has 2 aromatic rings. The molecule has 0 atom stereocenters. The molecule has 0 aliphatic heterocycles. The average Bonchev–Trinajstić information content (AvgIpc) is 2.33. The molecule has 0 aliphatic rings. The Balaban J connectivity index is 2.24. The van der Waals surface area contributed by atoms with Crippen molar-refractivity contribution in [3.63, 3.8) is 0 Å². The highest BCUT2D eigenvalue weighted by atomic mass is 35.5. The molecule has 0 spiro atoms. The number of nitrogens with zero attached hydrogens (tertiary/aromatic N) is 2. The van der Waals surface area contributed by atoms with Gasteiger partial charge in [-0.2, -0.15) is 0 Å². The van der Waals surface area contributed by atoms with Crippen LogP contribution in [-0.4, -0.2) is 36.7 Å². The molecule has 0 saturated heterocycles. The van der Waals surface area contributed by atoms with Gasteiger partial charge in [0.05, 0.1) is 11.8 Å². The van der Waals surface area contributed by atoms with E-state index in [0.29, 0.717) is 12.4 Å². The highest BCUT2D eigenvalue weighted by Crippen LogP contribution is 2.22. The van der Waals surface area contributed by atoms with Crippen LogP contribution in [0.1, 0.15) is 13.8 Å². The lowest BCUT2D eigenvalue weighted by atomic mass is 10.1. The minimum atomic E-state index is -3.29. The summed E-state index contributed by atoms with van der Waals surface area (Å²) in [5, 5.41) is 4.10. The summed E-state index contributed by atoms with van der Waals surface area (Å²) in [6.45, 7) is 3.93. The summed E-state index contributed by atoms with van der Waals surface area (Å²) in [6.07, 6.45) is 1.13. The van der Waals surface area contributed by atoms with Crippen LogP contribution < -0.4 is 10.0 Å². The number of benzene rings is 1. The third-order valence-corrected chi connectivity index (χ3v) is 3.83. The molecule has 8 heteroatoms. The number of para-hydroxylation sites is 1. The summed E-state index contributed by atoms with van der Waals surface area (Å²) >= 11 is 5.91. The molecule has 0 saturated carbocycles. The van der Waals surface area contributed by atoms with E-state index in [1.54, 1.807) is 13.8 Å². The highest BCUT2D eigenvalue weighted by molar-refractivity contribution is 7.88. The Kier molecular flexibility index (Phi) is 4.36. The molecule has 21 heavy (non-hydrogen) atoms. The predicted octanol–water partition coefficient (Wildman–Crippen LogP) is 2.02. The van der Waals surface area contributed by atoms with E-state index in [-0.39, 0.29) is 5.28 Å². The number of hydrogen-bond acceptors (Lipinski definition) is 5. The second-order valence-electron chi connectivity index (χ2n) is 5.47. The van der Waals surface area contributed by atoms with Crippen molar-refractivity contribution < 1.29 is 8.42 Å². The zero-order valence-corrected chi connectivity index (χ0v) is 13.6. The lowest BCUT2D eigenvalue weighted by molar-refractivity contribution is 0.476. The number of halogens is 1. The fraction of sp³-hybridized carbons (Fsp3) is 0.385. The molecule has 1 heterocycles. The van der Waals surface area contributed by atoms with Crippen LogP contribution in [0, 0.1) is 0 Å². The Bertz CT molecular complexity index is 762. The molecule has 2 rings (SSSR count). The van der Waals surface area contributed by atoms with Gasteiger partial charge in [0.15, 0.2) is 0 Å². The van der Waals surface area contributed by atoms with Gasteiger partial charge < -0.3 is 5.32 Å². The SMILES string of the molecule is CC(C)(CNc1nc(Cl)nc2ccccc12)NS(C)(=O)=O. The lowest BCUT2D eigenvalue weighted by Gasteiger charge is -2.25. The molecular weight excluding hydrogens is 312 g/mol. The predicted molar refractivity (Wildman–Crippen MR) is 85.1 cm³/mol. The topological polar surface area (TPSA) is 84.0 Å². The van der Waals surface area contributed by atoms with Crippen LogP contribution in [0.4, 0.5) is 5.82 Å². The van der Waals surface area contributed by atoms with Crippen LogP contribution in [0.15, 0.2) is 24.3 Å². The number of nitrogens with one attached hydrogen (secondary N) is 2. The van der Waals surface area contributed by atoms with Crippen LogP contribution >= 0.6 is 11.6 Å². The molecular formula is C13H17ClN4O2S. The Hall–Kier alpha value is -1.44. The first-order chi connectivity index (χ1) is 9.66. The zero-order valence-electron chi connectivity index (χ0n) is 12.0. The number of sulfonamides is 1.